The van der Waals surface area contributed by atoms with Crippen LogP contribution in [0.3, 0.4) is 0 Å². The van der Waals surface area contributed by atoms with Crippen LogP contribution in [0.1, 0.15) is 21.5 Å². The van der Waals surface area contributed by atoms with Crippen molar-refractivity contribution in [3.8, 4) is 5.75 Å². The molecule has 11 heteroatoms. The van der Waals surface area contributed by atoms with E-state index in [2.05, 4.69) is 10.6 Å². The van der Waals surface area contributed by atoms with Crippen molar-refractivity contribution in [2.75, 3.05) is 12.4 Å². The summed E-state index contributed by atoms with van der Waals surface area (Å²) >= 11 is 0. The van der Waals surface area contributed by atoms with Crippen LogP contribution in [-0.4, -0.2) is 28.8 Å². The molecule has 3 aromatic rings. The van der Waals surface area contributed by atoms with Gasteiger partial charge < -0.3 is 15.4 Å². The fourth-order valence-electron chi connectivity index (χ4n) is 3.08. The Kier molecular flexibility index (Phi) is 7.52. The molecule has 0 aromatic heterocycles. The van der Waals surface area contributed by atoms with Crippen LogP contribution in [0.25, 0.3) is 6.08 Å². The highest BCUT2D eigenvalue weighted by atomic mass is 16.6. The summed E-state index contributed by atoms with van der Waals surface area (Å²) in [4.78, 5) is 46.7. The van der Waals surface area contributed by atoms with Gasteiger partial charge in [-0.25, -0.2) is 0 Å². The molecule has 0 heterocycles. The lowest BCUT2D eigenvalue weighted by atomic mass is 10.1. The number of amides is 2. The van der Waals surface area contributed by atoms with Crippen LogP contribution in [0.4, 0.5) is 17.1 Å². The second-order valence-corrected chi connectivity index (χ2v) is 7.33. The first-order valence-corrected chi connectivity index (χ1v) is 10.2. The summed E-state index contributed by atoms with van der Waals surface area (Å²) in [6, 6.07) is 15.8. The van der Waals surface area contributed by atoms with E-state index in [-0.39, 0.29) is 28.5 Å². The van der Waals surface area contributed by atoms with Crippen molar-refractivity contribution in [3.05, 3.63) is 109 Å². The number of ether oxygens (including phenoxy) is 1. The zero-order valence-electron chi connectivity index (χ0n) is 18.7. The molecular weight excluding hydrogens is 456 g/mol. The number of hydrogen-bond donors (Lipinski definition) is 2. The Morgan fingerprint density at radius 2 is 1.57 bits per heavy atom. The fraction of sp³-hybridized carbons (Fsp3) is 0.0833. The van der Waals surface area contributed by atoms with Gasteiger partial charge in [0, 0.05) is 23.8 Å². The lowest BCUT2D eigenvalue weighted by Gasteiger charge is -2.13. The molecule has 178 valence electrons. The highest BCUT2D eigenvalue weighted by molar-refractivity contribution is 6.11. The largest absolute Gasteiger partial charge is 0.494 e. The number of non-ortho nitro benzene ring substituents is 2. The van der Waals surface area contributed by atoms with E-state index in [1.54, 1.807) is 18.2 Å². The van der Waals surface area contributed by atoms with Gasteiger partial charge in [-0.1, -0.05) is 17.7 Å². The maximum absolute atomic E-state index is 13.1. The van der Waals surface area contributed by atoms with Crippen molar-refractivity contribution in [2.45, 2.75) is 6.92 Å². The van der Waals surface area contributed by atoms with Crippen LogP contribution in [-0.2, 0) is 4.79 Å². The van der Waals surface area contributed by atoms with E-state index < -0.39 is 21.7 Å². The van der Waals surface area contributed by atoms with Gasteiger partial charge in [0.15, 0.2) is 0 Å². The summed E-state index contributed by atoms with van der Waals surface area (Å²) in [6.45, 7) is 1.82. The Hall–Kier alpha value is -5.06. The summed E-state index contributed by atoms with van der Waals surface area (Å²) in [7, 11) is 1.29. The van der Waals surface area contributed by atoms with Crippen LogP contribution in [0.2, 0.25) is 0 Å². The number of hydrogen-bond acceptors (Lipinski definition) is 7. The summed E-state index contributed by atoms with van der Waals surface area (Å²) in [5.41, 5.74) is 1.20. The monoisotopic (exact) mass is 476 g/mol. The fourth-order valence-corrected chi connectivity index (χ4v) is 3.08. The van der Waals surface area contributed by atoms with Crippen LogP contribution in [0, 0.1) is 27.2 Å². The zero-order valence-corrected chi connectivity index (χ0v) is 18.7. The van der Waals surface area contributed by atoms with Crippen molar-refractivity contribution in [3.63, 3.8) is 0 Å². The molecular formula is C24H20N4O7. The Morgan fingerprint density at radius 1 is 0.914 bits per heavy atom. The number of benzene rings is 3. The van der Waals surface area contributed by atoms with Crippen LogP contribution < -0.4 is 15.4 Å². The smallest absolute Gasteiger partial charge is 0.273 e. The van der Waals surface area contributed by atoms with Crippen LogP contribution in [0.5, 0.6) is 5.75 Å². The maximum Gasteiger partial charge on any atom is 0.273 e. The first-order chi connectivity index (χ1) is 16.7. The first kappa shape index (κ1) is 24.6. The number of nitrogens with zero attached hydrogens (tertiary/aromatic N) is 2. The van der Waals surface area contributed by atoms with E-state index >= 15 is 0 Å². The molecule has 0 aliphatic carbocycles. The Balaban J connectivity index is 1.95. The minimum atomic E-state index is -0.739. The van der Waals surface area contributed by atoms with Crippen molar-refractivity contribution in [2.24, 2.45) is 0 Å². The maximum atomic E-state index is 13.1. The third-order valence-electron chi connectivity index (χ3n) is 4.83. The number of carbonyl (C=O) groups is 2. The van der Waals surface area contributed by atoms with Gasteiger partial charge in [0.1, 0.15) is 11.4 Å². The number of carbonyl (C=O) groups excluding carboxylic acids is 2. The molecule has 0 fully saturated rings. The molecule has 35 heavy (non-hydrogen) atoms. The molecule has 0 saturated heterocycles. The molecule has 0 aliphatic heterocycles. The number of rotatable bonds is 8. The van der Waals surface area contributed by atoms with Gasteiger partial charge in [-0.15, -0.1) is 0 Å². The van der Waals surface area contributed by atoms with Crippen LogP contribution in [0.15, 0.2) is 72.4 Å². The number of nitrogens with one attached hydrogen (secondary N) is 2. The third kappa shape index (κ3) is 6.26. The minimum absolute atomic E-state index is 0.0484. The van der Waals surface area contributed by atoms with Gasteiger partial charge in [0.05, 0.1) is 28.7 Å². The van der Waals surface area contributed by atoms with Gasteiger partial charge in [-0.3, -0.25) is 29.8 Å². The zero-order chi connectivity index (χ0) is 25.5. The molecule has 0 aliphatic rings. The molecule has 0 radical (unpaired) electrons. The normalized spacial score (nSPS) is 10.9. The van der Waals surface area contributed by atoms with Gasteiger partial charge in [-0.05, 0) is 48.9 Å². The SMILES string of the molecule is COc1cc([N+](=O)[O-])ccc1NC(=O)C(=Cc1ccc([N+](=O)[O-])cc1)NC(=O)c1cccc(C)c1. The molecule has 2 N–H and O–H groups in total. The molecule has 3 aromatic carbocycles. The van der Waals surface area contributed by atoms with E-state index in [1.165, 1.54) is 49.6 Å². The minimum Gasteiger partial charge on any atom is -0.494 e. The third-order valence-corrected chi connectivity index (χ3v) is 4.83. The van der Waals surface area contributed by atoms with Crippen molar-refractivity contribution in [1.82, 2.24) is 5.32 Å². The number of anilines is 1. The lowest BCUT2D eigenvalue weighted by molar-refractivity contribution is -0.385. The highest BCUT2D eigenvalue weighted by Gasteiger charge is 2.19. The molecule has 11 nitrogen and oxygen atoms in total. The second-order valence-electron chi connectivity index (χ2n) is 7.33. The Labute approximate surface area is 199 Å². The van der Waals surface area contributed by atoms with E-state index in [0.717, 1.165) is 11.6 Å². The van der Waals surface area contributed by atoms with Crippen molar-refractivity contribution >= 4 is 35.0 Å². The highest BCUT2D eigenvalue weighted by Crippen LogP contribution is 2.29. The summed E-state index contributed by atoms with van der Waals surface area (Å²) in [6.07, 6.45) is 1.35. The summed E-state index contributed by atoms with van der Waals surface area (Å²) in [5.74, 6) is -1.24. The Morgan fingerprint density at radius 3 is 2.17 bits per heavy atom. The standard InChI is InChI=1S/C24H20N4O7/c1-15-4-3-5-17(12-15)23(29)26-21(13-16-6-8-18(9-7-16)27(31)32)24(30)25-20-11-10-19(28(33)34)14-22(20)35-2/h3-14H,1-2H3,(H,25,30)(H,26,29). The van der Waals surface area contributed by atoms with Gasteiger partial charge in [0.2, 0.25) is 0 Å². The van der Waals surface area contributed by atoms with E-state index in [4.69, 9.17) is 4.74 Å². The average Bonchev–Trinajstić information content (AvgIpc) is 2.83. The first-order valence-electron chi connectivity index (χ1n) is 10.2. The van der Waals surface area contributed by atoms with E-state index in [0.29, 0.717) is 11.1 Å². The van der Waals surface area contributed by atoms with Gasteiger partial charge in [-0.2, -0.15) is 0 Å². The van der Waals surface area contributed by atoms with Crippen molar-refractivity contribution < 1.29 is 24.2 Å². The number of nitro groups is 2. The predicted molar refractivity (Wildman–Crippen MR) is 128 cm³/mol. The number of methoxy groups -OCH3 is 1. The molecule has 3 rings (SSSR count). The van der Waals surface area contributed by atoms with Crippen molar-refractivity contribution in [1.29, 1.82) is 0 Å². The topological polar surface area (TPSA) is 154 Å². The second kappa shape index (κ2) is 10.7. The lowest BCUT2D eigenvalue weighted by Crippen LogP contribution is -2.30. The summed E-state index contributed by atoms with van der Waals surface area (Å²) in [5, 5.41) is 27.1. The summed E-state index contributed by atoms with van der Waals surface area (Å²) < 4.78 is 5.14. The Bertz CT molecular complexity index is 1330. The average molecular weight is 476 g/mol. The van der Waals surface area contributed by atoms with E-state index in [9.17, 15) is 29.8 Å². The van der Waals surface area contributed by atoms with E-state index in [1.807, 2.05) is 13.0 Å². The molecule has 0 unspecified atom stereocenters. The quantitative estimate of drug-likeness (QED) is 0.280. The molecule has 0 saturated carbocycles. The number of nitro benzene ring substituents is 2. The molecule has 0 spiro atoms. The number of aryl methyl sites for hydroxylation is 1. The molecule has 0 bridgehead atoms. The van der Waals surface area contributed by atoms with Crippen LogP contribution >= 0.6 is 0 Å². The van der Waals surface area contributed by atoms with Gasteiger partial charge >= 0.3 is 0 Å². The predicted octanol–water partition coefficient (Wildman–Crippen LogP) is 4.23. The molecule has 2 amide bonds. The van der Waals surface area contributed by atoms with Gasteiger partial charge in [0.25, 0.3) is 23.2 Å². The molecule has 0 atom stereocenters.